The largest absolute Gasteiger partial charge is 0.480 e. The predicted molar refractivity (Wildman–Crippen MR) is 86.8 cm³/mol. The van der Waals surface area contributed by atoms with Crippen LogP contribution in [0.3, 0.4) is 0 Å². The van der Waals surface area contributed by atoms with E-state index < -0.39 is 12.0 Å². The molecule has 2 unspecified atom stereocenters. The lowest BCUT2D eigenvalue weighted by Crippen LogP contribution is -2.56. The number of morpholine rings is 1. The molecule has 0 saturated carbocycles. The smallest absolute Gasteiger partial charge is 0.326 e. The highest BCUT2D eigenvalue weighted by molar-refractivity contribution is 5.96. The summed E-state index contributed by atoms with van der Waals surface area (Å²) in [4.78, 5) is 32.3. The van der Waals surface area contributed by atoms with Crippen LogP contribution >= 0.6 is 0 Å². The maximum atomic E-state index is 12.7. The number of aromatic nitrogens is 1. The van der Waals surface area contributed by atoms with E-state index in [1.807, 2.05) is 6.92 Å². The van der Waals surface area contributed by atoms with Crippen molar-refractivity contribution in [1.29, 1.82) is 0 Å². The Balaban J connectivity index is 1.74. The summed E-state index contributed by atoms with van der Waals surface area (Å²) >= 11 is 0. The lowest BCUT2D eigenvalue weighted by atomic mass is 9.94. The maximum absolute atomic E-state index is 12.7. The van der Waals surface area contributed by atoms with E-state index in [-0.39, 0.29) is 11.9 Å². The number of aryl methyl sites for hydroxylation is 1. The Morgan fingerprint density at radius 3 is 2.67 bits per heavy atom. The second-order valence-electron chi connectivity index (χ2n) is 6.43. The van der Waals surface area contributed by atoms with E-state index in [4.69, 9.17) is 4.74 Å². The minimum Gasteiger partial charge on any atom is -0.480 e. The zero-order valence-corrected chi connectivity index (χ0v) is 13.9. The molecule has 7 heteroatoms. The highest BCUT2D eigenvalue weighted by atomic mass is 16.5. The number of amides is 1. The van der Waals surface area contributed by atoms with Gasteiger partial charge in [0.1, 0.15) is 6.04 Å². The molecule has 0 aromatic carbocycles. The highest BCUT2D eigenvalue weighted by Crippen LogP contribution is 2.25. The summed E-state index contributed by atoms with van der Waals surface area (Å²) in [6.07, 6.45) is 4.42. The van der Waals surface area contributed by atoms with E-state index in [1.54, 1.807) is 12.3 Å². The number of hydrogen-bond acceptors (Lipinski definition) is 5. The zero-order valence-electron chi connectivity index (χ0n) is 13.9. The third-order valence-corrected chi connectivity index (χ3v) is 4.80. The standard InChI is InChI=1S/C17H23N3O4/c1-12-8-13(11-18-10-12)16(21)20-3-2-14(9-15(20)17(22)23)19-4-6-24-7-5-19/h8,10-11,14-15H,2-7,9H2,1H3,(H,22,23). The van der Waals surface area contributed by atoms with Gasteiger partial charge in [-0.15, -0.1) is 0 Å². The fraction of sp³-hybridized carbons (Fsp3) is 0.588. The molecule has 3 rings (SSSR count). The van der Waals surface area contributed by atoms with Crippen molar-refractivity contribution in [2.24, 2.45) is 0 Å². The molecule has 130 valence electrons. The first-order chi connectivity index (χ1) is 11.6. The Hall–Kier alpha value is -1.99. The van der Waals surface area contributed by atoms with Crippen molar-refractivity contribution in [3.63, 3.8) is 0 Å². The van der Waals surface area contributed by atoms with E-state index in [2.05, 4.69) is 9.88 Å². The average Bonchev–Trinajstić information content (AvgIpc) is 2.61. The van der Waals surface area contributed by atoms with Crippen LogP contribution in [-0.4, -0.2) is 76.7 Å². The summed E-state index contributed by atoms with van der Waals surface area (Å²) in [5.74, 6) is -1.19. The number of hydrogen-bond donors (Lipinski definition) is 1. The third kappa shape index (κ3) is 3.57. The van der Waals surface area contributed by atoms with Crippen LogP contribution in [0, 0.1) is 6.92 Å². The second kappa shape index (κ2) is 7.27. The number of aliphatic carboxylic acids is 1. The molecule has 0 bridgehead atoms. The Morgan fingerprint density at radius 2 is 2.00 bits per heavy atom. The van der Waals surface area contributed by atoms with E-state index in [9.17, 15) is 14.7 Å². The number of carboxylic acid groups (broad SMARTS) is 1. The molecule has 1 aromatic heterocycles. The van der Waals surface area contributed by atoms with E-state index in [0.717, 1.165) is 25.1 Å². The first-order valence-electron chi connectivity index (χ1n) is 8.33. The van der Waals surface area contributed by atoms with Gasteiger partial charge in [-0.1, -0.05) is 0 Å². The van der Waals surface area contributed by atoms with Gasteiger partial charge in [0.25, 0.3) is 5.91 Å². The highest BCUT2D eigenvalue weighted by Gasteiger charge is 2.38. The molecule has 2 aliphatic heterocycles. The number of likely N-dealkylation sites (tertiary alicyclic amines) is 1. The third-order valence-electron chi connectivity index (χ3n) is 4.80. The number of carboxylic acids is 1. The summed E-state index contributed by atoms with van der Waals surface area (Å²) < 4.78 is 5.36. The van der Waals surface area contributed by atoms with Gasteiger partial charge in [0, 0.05) is 38.1 Å². The summed E-state index contributed by atoms with van der Waals surface area (Å²) in [7, 11) is 0. The molecule has 7 nitrogen and oxygen atoms in total. The van der Waals surface area contributed by atoms with Gasteiger partial charge in [-0.3, -0.25) is 14.7 Å². The molecule has 0 spiro atoms. The Labute approximate surface area is 141 Å². The molecule has 1 N–H and O–H groups in total. The number of carbonyl (C=O) groups excluding carboxylic acids is 1. The monoisotopic (exact) mass is 333 g/mol. The van der Waals surface area contributed by atoms with Gasteiger partial charge in [0.2, 0.25) is 0 Å². The summed E-state index contributed by atoms with van der Waals surface area (Å²) in [6.45, 7) is 5.34. The number of nitrogens with zero attached hydrogens (tertiary/aromatic N) is 3. The number of pyridine rings is 1. The van der Waals surface area contributed by atoms with Crippen molar-refractivity contribution in [2.45, 2.75) is 31.8 Å². The van der Waals surface area contributed by atoms with Crippen LogP contribution in [0.4, 0.5) is 0 Å². The molecule has 2 aliphatic rings. The second-order valence-corrected chi connectivity index (χ2v) is 6.43. The first-order valence-corrected chi connectivity index (χ1v) is 8.33. The van der Waals surface area contributed by atoms with Crippen LogP contribution in [0.2, 0.25) is 0 Å². The van der Waals surface area contributed by atoms with Crippen molar-refractivity contribution < 1.29 is 19.4 Å². The molecular formula is C17H23N3O4. The van der Waals surface area contributed by atoms with Crippen molar-refractivity contribution in [3.05, 3.63) is 29.6 Å². The fourth-order valence-corrected chi connectivity index (χ4v) is 3.54. The average molecular weight is 333 g/mol. The van der Waals surface area contributed by atoms with Crippen LogP contribution in [0.25, 0.3) is 0 Å². The quantitative estimate of drug-likeness (QED) is 0.880. The minimum absolute atomic E-state index is 0.190. The first kappa shape index (κ1) is 16.9. The van der Waals surface area contributed by atoms with Crippen molar-refractivity contribution in [3.8, 4) is 0 Å². The van der Waals surface area contributed by atoms with E-state index in [0.29, 0.717) is 31.7 Å². The molecule has 24 heavy (non-hydrogen) atoms. The van der Waals surface area contributed by atoms with E-state index >= 15 is 0 Å². The summed E-state index contributed by atoms with van der Waals surface area (Å²) in [5, 5.41) is 9.62. The molecule has 2 fully saturated rings. The van der Waals surface area contributed by atoms with Crippen LogP contribution in [-0.2, 0) is 9.53 Å². The normalized spacial score (nSPS) is 25.5. The Bertz CT molecular complexity index is 616. The number of carbonyl (C=O) groups is 2. The number of ether oxygens (including phenoxy) is 1. The van der Waals surface area contributed by atoms with Crippen LogP contribution < -0.4 is 0 Å². The molecule has 3 heterocycles. The number of rotatable bonds is 3. The maximum Gasteiger partial charge on any atom is 0.326 e. The van der Waals surface area contributed by atoms with Gasteiger partial charge < -0.3 is 14.7 Å². The van der Waals surface area contributed by atoms with Gasteiger partial charge in [-0.2, -0.15) is 0 Å². The summed E-state index contributed by atoms with van der Waals surface area (Å²) in [5.41, 5.74) is 1.34. The molecule has 1 amide bonds. The van der Waals surface area contributed by atoms with Crippen molar-refractivity contribution in [1.82, 2.24) is 14.8 Å². The topological polar surface area (TPSA) is 83.0 Å². The molecule has 2 saturated heterocycles. The molecule has 2 atom stereocenters. The van der Waals surface area contributed by atoms with Crippen LogP contribution in [0.5, 0.6) is 0 Å². The van der Waals surface area contributed by atoms with E-state index in [1.165, 1.54) is 11.1 Å². The van der Waals surface area contributed by atoms with Crippen molar-refractivity contribution in [2.75, 3.05) is 32.8 Å². The van der Waals surface area contributed by atoms with Crippen LogP contribution in [0.15, 0.2) is 18.5 Å². The van der Waals surface area contributed by atoms with Crippen LogP contribution in [0.1, 0.15) is 28.8 Å². The van der Waals surface area contributed by atoms with Gasteiger partial charge in [-0.05, 0) is 31.4 Å². The zero-order chi connectivity index (χ0) is 17.1. The summed E-state index contributed by atoms with van der Waals surface area (Å²) in [6, 6.07) is 1.15. The SMILES string of the molecule is Cc1cncc(C(=O)N2CCC(N3CCOCC3)CC2C(=O)O)c1. The molecule has 0 radical (unpaired) electrons. The Morgan fingerprint density at radius 1 is 1.25 bits per heavy atom. The fourth-order valence-electron chi connectivity index (χ4n) is 3.54. The lowest BCUT2D eigenvalue weighted by Gasteiger charge is -2.43. The van der Waals surface area contributed by atoms with Crippen molar-refractivity contribution >= 4 is 11.9 Å². The van der Waals surface area contributed by atoms with Gasteiger partial charge in [-0.25, -0.2) is 4.79 Å². The lowest BCUT2D eigenvalue weighted by molar-refractivity contribution is -0.144. The molecule has 1 aromatic rings. The molecular weight excluding hydrogens is 310 g/mol. The molecule has 0 aliphatic carbocycles. The van der Waals surface area contributed by atoms with Gasteiger partial charge >= 0.3 is 5.97 Å². The minimum atomic E-state index is -0.943. The van der Waals surface area contributed by atoms with Gasteiger partial charge in [0.05, 0.1) is 18.8 Å². The number of piperidine rings is 1. The predicted octanol–water partition coefficient (Wildman–Crippen LogP) is 0.780. The van der Waals surface area contributed by atoms with Gasteiger partial charge in [0.15, 0.2) is 0 Å². The Kier molecular flexibility index (Phi) is 5.11.